The summed E-state index contributed by atoms with van der Waals surface area (Å²) in [5.74, 6) is -1.02. The van der Waals surface area contributed by atoms with E-state index in [-0.39, 0.29) is 11.7 Å². The van der Waals surface area contributed by atoms with E-state index in [1.54, 1.807) is 12.1 Å². The van der Waals surface area contributed by atoms with Crippen molar-refractivity contribution in [3.63, 3.8) is 0 Å². The van der Waals surface area contributed by atoms with Gasteiger partial charge in [-0.05, 0) is 53.4 Å². The molecule has 122 valence electrons. The van der Waals surface area contributed by atoms with Crippen LogP contribution >= 0.6 is 15.9 Å². The Morgan fingerprint density at radius 1 is 1.50 bits per heavy atom. The molecule has 0 amide bonds. The van der Waals surface area contributed by atoms with Crippen LogP contribution in [0.1, 0.15) is 25.3 Å². The number of hydrogen-bond donors (Lipinski definition) is 1. The third-order valence-electron chi connectivity index (χ3n) is 3.96. The minimum absolute atomic E-state index is 0.0915. The third kappa shape index (κ3) is 4.39. The molecule has 1 aliphatic heterocycles. The fourth-order valence-corrected chi connectivity index (χ4v) is 3.19. The summed E-state index contributed by atoms with van der Waals surface area (Å²) in [5.41, 5.74) is 0.923. The van der Waals surface area contributed by atoms with Crippen molar-refractivity contribution >= 4 is 21.9 Å². The average molecular weight is 378 g/mol. The van der Waals surface area contributed by atoms with E-state index in [0.717, 1.165) is 12.0 Å². The first-order valence-electron chi connectivity index (χ1n) is 7.07. The molecule has 1 aromatic carbocycles. The van der Waals surface area contributed by atoms with Gasteiger partial charge in [-0.3, -0.25) is 9.69 Å². The van der Waals surface area contributed by atoms with Gasteiger partial charge in [0.1, 0.15) is 5.75 Å². The van der Waals surface area contributed by atoms with Crippen molar-refractivity contribution in [1.29, 1.82) is 0 Å². The van der Waals surface area contributed by atoms with Crippen LogP contribution in [-0.4, -0.2) is 35.2 Å². The normalized spacial score (nSPS) is 22.8. The van der Waals surface area contributed by atoms with Crippen molar-refractivity contribution in [3.05, 3.63) is 28.2 Å². The number of carboxylic acid groups (broad SMARTS) is 1. The van der Waals surface area contributed by atoms with Gasteiger partial charge >= 0.3 is 12.6 Å². The lowest BCUT2D eigenvalue weighted by Gasteiger charge is -2.36. The molecule has 0 aliphatic carbocycles. The molecule has 1 heterocycles. The minimum atomic E-state index is -2.86. The number of halogens is 3. The smallest absolute Gasteiger partial charge is 0.387 e. The number of hydrogen-bond acceptors (Lipinski definition) is 3. The lowest BCUT2D eigenvalue weighted by Crippen LogP contribution is -2.43. The monoisotopic (exact) mass is 377 g/mol. The number of carboxylic acids is 1. The Kier molecular flexibility index (Phi) is 5.74. The summed E-state index contributed by atoms with van der Waals surface area (Å²) in [6, 6.07) is 5.25. The maximum absolute atomic E-state index is 12.2. The Balaban J connectivity index is 2.06. The zero-order valence-electron chi connectivity index (χ0n) is 12.1. The van der Waals surface area contributed by atoms with E-state index < -0.39 is 12.6 Å². The quantitative estimate of drug-likeness (QED) is 0.848. The van der Waals surface area contributed by atoms with Crippen molar-refractivity contribution < 1.29 is 23.4 Å². The van der Waals surface area contributed by atoms with Crippen LogP contribution in [0.15, 0.2) is 22.7 Å². The van der Waals surface area contributed by atoms with E-state index in [2.05, 4.69) is 32.5 Å². The van der Waals surface area contributed by atoms with Crippen LogP contribution < -0.4 is 4.74 Å². The van der Waals surface area contributed by atoms with Gasteiger partial charge in [-0.25, -0.2) is 0 Å². The first-order chi connectivity index (χ1) is 10.4. The van der Waals surface area contributed by atoms with Gasteiger partial charge in [-0.15, -0.1) is 0 Å². The van der Waals surface area contributed by atoms with Crippen LogP contribution in [0.4, 0.5) is 8.78 Å². The molecule has 2 atom stereocenters. The van der Waals surface area contributed by atoms with E-state index in [9.17, 15) is 13.6 Å². The molecule has 0 radical (unpaired) electrons. The molecular weight excluding hydrogens is 360 g/mol. The van der Waals surface area contributed by atoms with Gasteiger partial charge in [0.25, 0.3) is 0 Å². The molecule has 2 rings (SSSR count). The number of alkyl halides is 2. The highest BCUT2D eigenvalue weighted by atomic mass is 79.9. The minimum Gasteiger partial charge on any atom is -0.481 e. The predicted molar refractivity (Wildman–Crippen MR) is 81.0 cm³/mol. The Hall–Kier alpha value is -1.21. The zero-order chi connectivity index (χ0) is 16.3. The molecule has 4 nitrogen and oxygen atoms in total. The molecule has 2 unspecified atom stereocenters. The molecular formula is C15H18BrF2NO3. The van der Waals surface area contributed by atoms with Gasteiger partial charge in [0.05, 0.1) is 10.4 Å². The van der Waals surface area contributed by atoms with Gasteiger partial charge in [-0.2, -0.15) is 8.78 Å². The highest BCUT2D eigenvalue weighted by Gasteiger charge is 2.29. The third-order valence-corrected chi connectivity index (χ3v) is 4.58. The second kappa shape index (κ2) is 7.37. The van der Waals surface area contributed by atoms with Gasteiger partial charge in [0, 0.05) is 19.1 Å². The molecule has 7 heteroatoms. The number of rotatable bonds is 5. The summed E-state index contributed by atoms with van der Waals surface area (Å²) >= 11 is 3.22. The van der Waals surface area contributed by atoms with Crippen molar-refractivity contribution in [2.24, 2.45) is 5.92 Å². The van der Waals surface area contributed by atoms with Gasteiger partial charge in [0.15, 0.2) is 0 Å². The molecule has 0 spiro atoms. The first kappa shape index (κ1) is 17.1. The maximum atomic E-state index is 12.2. The second-order valence-electron chi connectivity index (χ2n) is 5.53. The van der Waals surface area contributed by atoms with E-state index in [0.29, 0.717) is 30.0 Å². The standard InChI is InChI=1S/C15H18BrF2NO3/c1-9-2-4-11(14(20)21)8-19(9)7-10-3-5-13(12(16)6-10)22-15(17)18/h3,5-6,9,11,15H,2,4,7-8H2,1H3,(H,20,21). The molecule has 1 N–H and O–H groups in total. The van der Waals surface area contributed by atoms with Gasteiger partial charge in [-0.1, -0.05) is 6.07 Å². The van der Waals surface area contributed by atoms with Crippen molar-refractivity contribution in [2.75, 3.05) is 6.54 Å². The molecule has 1 saturated heterocycles. The summed E-state index contributed by atoms with van der Waals surface area (Å²) in [5, 5.41) is 9.15. The van der Waals surface area contributed by atoms with Crippen molar-refractivity contribution in [3.8, 4) is 5.75 Å². The number of aliphatic carboxylic acids is 1. The topological polar surface area (TPSA) is 49.8 Å². The second-order valence-corrected chi connectivity index (χ2v) is 6.39. The lowest BCUT2D eigenvalue weighted by molar-refractivity contribution is -0.144. The number of ether oxygens (including phenoxy) is 1. The molecule has 1 aliphatic rings. The molecule has 1 aromatic rings. The predicted octanol–water partition coefficient (Wildman–Crippen LogP) is 3.74. The number of piperidine rings is 1. The summed E-state index contributed by atoms with van der Waals surface area (Å²) in [6.45, 7) is 0.295. The highest BCUT2D eigenvalue weighted by Crippen LogP contribution is 2.29. The van der Waals surface area contributed by atoms with Gasteiger partial charge in [0.2, 0.25) is 0 Å². The molecule has 0 saturated carbocycles. The Morgan fingerprint density at radius 2 is 2.23 bits per heavy atom. The summed E-state index contributed by atoms with van der Waals surface area (Å²) < 4.78 is 29.3. The van der Waals surface area contributed by atoms with Crippen LogP contribution in [-0.2, 0) is 11.3 Å². The van der Waals surface area contributed by atoms with Gasteiger partial charge < -0.3 is 9.84 Å². The van der Waals surface area contributed by atoms with E-state index >= 15 is 0 Å². The SMILES string of the molecule is CC1CCC(C(=O)O)CN1Cc1ccc(OC(F)F)c(Br)c1. The fraction of sp³-hybridized carbons (Fsp3) is 0.533. The molecule has 0 aromatic heterocycles. The molecule has 1 fully saturated rings. The average Bonchev–Trinajstić information content (AvgIpc) is 2.43. The van der Waals surface area contributed by atoms with Crippen LogP contribution in [0.25, 0.3) is 0 Å². The molecule has 22 heavy (non-hydrogen) atoms. The summed E-state index contributed by atoms with van der Waals surface area (Å²) in [4.78, 5) is 13.2. The number of benzene rings is 1. The van der Waals surface area contributed by atoms with Crippen LogP contribution in [0, 0.1) is 5.92 Å². The number of likely N-dealkylation sites (tertiary alicyclic amines) is 1. The fourth-order valence-electron chi connectivity index (χ4n) is 2.67. The largest absolute Gasteiger partial charge is 0.481 e. The van der Waals surface area contributed by atoms with E-state index in [4.69, 9.17) is 5.11 Å². The number of nitrogens with zero attached hydrogens (tertiary/aromatic N) is 1. The zero-order valence-corrected chi connectivity index (χ0v) is 13.7. The van der Waals surface area contributed by atoms with Crippen molar-refractivity contribution in [1.82, 2.24) is 4.90 Å². The Bertz CT molecular complexity index is 542. The summed E-state index contributed by atoms with van der Waals surface area (Å²) in [6.07, 6.45) is 1.53. The van der Waals surface area contributed by atoms with Crippen molar-refractivity contribution in [2.45, 2.75) is 39.0 Å². The maximum Gasteiger partial charge on any atom is 0.387 e. The van der Waals surface area contributed by atoms with E-state index in [1.165, 1.54) is 6.07 Å². The Morgan fingerprint density at radius 3 is 2.82 bits per heavy atom. The Labute approximate surface area is 136 Å². The van der Waals surface area contributed by atoms with Crippen LogP contribution in [0.2, 0.25) is 0 Å². The molecule has 0 bridgehead atoms. The lowest BCUT2D eigenvalue weighted by atomic mass is 9.93. The van der Waals surface area contributed by atoms with Crippen LogP contribution in [0.3, 0.4) is 0 Å². The first-order valence-corrected chi connectivity index (χ1v) is 7.86. The highest BCUT2D eigenvalue weighted by molar-refractivity contribution is 9.10. The number of carbonyl (C=O) groups is 1. The summed E-state index contributed by atoms with van der Waals surface area (Å²) in [7, 11) is 0. The van der Waals surface area contributed by atoms with E-state index in [1.807, 2.05) is 0 Å². The van der Waals surface area contributed by atoms with Crippen LogP contribution in [0.5, 0.6) is 5.75 Å².